The van der Waals surface area contributed by atoms with Gasteiger partial charge in [0, 0.05) is 13.2 Å². The van der Waals surface area contributed by atoms with E-state index in [-0.39, 0.29) is 13.2 Å². The first kappa shape index (κ1) is 36.8. The second-order valence-electron chi connectivity index (χ2n) is 8.38. The number of ether oxygens (including phenoxy) is 2. The predicted molar refractivity (Wildman–Crippen MR) is 137 cm³/mol. The van der Waals surface area contributed by atoms with Gasteiger partial charge in [0.1, 0.15) is 6.10 Å². The molecule has 0 radical (unpaired) electrons. The van der Waals surface area contributed by atoms with Gasteiger partial charge >= 0.3 is 10.4 Å². The van der Waals surface area contributed by atoms with Crippen LogP contribution < -0.4 is 0 Å². The van der Waals surface area contributed by atoms with E-state index >= 15 is 0 Å². The Morgan fingerprint density at radius 1 is 0.743 bits per heavy atom. The van der Waals surface area contributed by atoms with E-state index in [1.54, 1.807) is 0 Å². The topological polar surface area (TPSA) is 146 Å². The van der Waals surface area contributed by atoms with E-state index < -0.39 is 22.4 Å². The summed E-state index contributed by atoms with van der Waals surface area (Å²) < 4.78 is 43.3. The van der Waals surface area contributed by atoms with E-state index in [1.165, 1.54) is 69.3 Å². The average molecular weight is 532 g/mol. The Balaban J connectivity index is 0. The number of aliphatic hydroxyl groups excluding tert-OH is 2. The number of hydroxylamine groups is 2. The minimum Gasteiger partial charge on any atom is -0.395 e. The standard InChI is InChI=1S/C24H51NO5.H2O4S/c1-5-9-10-11-12-13-14-15-16-17-18-19-20-23(27)24(28-6-2,29-7-3)25(21-22-26)30-8-4;1-5(2,3)4/h23,26-27H,5-22H2,1-4H3;(H2,1,2,3,4). The molecule has 0 aliphatic rings. The Morgan fingerprint density at radius 3 is 1.49 bits per heavy atom. The molecule has 35 heavy (non-hydrogen) atoms. The van der Waals surface area contributed by atoms with E-state index in [9.17, 15) is 10.2 Å². The van der Waals surface area contributed by atoms with Crippen LogP contribution in [0, 0.1) is 0 Å². The second-order valence-corrected chi connectivity index (χ2v) is 9.28. The summed E-state index contributed by atoms with van der Waals surface area (Å²) in [4.78, 5) is 5.65. The van der Waals surface area contributed by atoms with Crippen LogP contribution in [-0.4, -0.2) is 77.8 Å². The van der Waals surface area contributed by atoms with Gasteiger partial charge in [-0.2, -0.15) is 8.42 Å². The number of unbranched alkanes of at least 4 members (excludes halogenated alkanes) is 11. The van der Waals surface area contributed by atoms with Crippen LogP contribution in [0.15, 0.2) is 0 Å². The van der Waals surface area contributed by atoms with E-state index in [1.807, 2.05) is 20.8 Å². The Kier molecular flexibility index (Phi) is 25.2. The van der Waals surface area contributed by atoms with Gasteiger partial charge in [-0.15, -0.1) is 5.06 Å². The highest BCUT2D eigenvalue weighted by Gasteiger charge is 2.46. The Labute approximate surface area is 213 Å². The molecule has 0 rings (SSSR count). The van der Waals surface area contributed by atoms with E-state index in [2.05, 4.69) is 6.92 Å². The van der Waals surface area contributed by atoms with Crippen molar-refractivity contribution in [2.24, 2.45) is 0 Å². The molecule has 0 bridgehead atoms. The minimum atomic E-state index is -4.67. The summed E-state index contributed by atoms with van der Waals surface area (Å²) >= 11 is 0. The molecule has 1 atom stereocenters. The summed E-state index contributed by atoms with van der Waals surface area (Å²) in [5.41, 5.74) is 0. The molecule has 0 aromatic rings. The molecule has 0 fully saturated rings. The van der Waals surface area contributed by atoms with Crippen molar-refractivity contribution in [3.63, 3.8) is 0 Å². The van der Waals surface area contributed by atoms with E-state index in [0.717, 1.165) is 12.8 Å². The fourth-order valence-corrected chi connectivity index (χ4v) is 3.88. The second kappa shape index (κ2) is 24.0. The zero-order valence-electron chi connectivity index (χ0n) is 22.5. The molecule has 0 aromatic carbocycles. The third-order valence-corrected chi connectivity index (χ3v) is 5.39. The molecule has 0 heterocycles. The maximum atomic E-state index is 11.0. The predicted octanol–water partition coefficient (Wildman–Crippen LogP) is 4.76. The number of nitrogens with zero attached hydrogens (tertiary/aromatic N) is 1. The summed E-state index contributed by atoms with van der Waals surface area (Å²) in [7, 11) is -4.67. The SMILES string of the molecule is CCCCCCCCCCCCCCC(O)C(OCC)(OCC)N(CCO)OCC.O=S(=O)(O)O. The molecule has 11 heteroatoms. The molecule has 214 valence electrons. The van der Waals surface area contributed by atoms with Crippen molar-refractivity contribution in [3.05, 3.63) is 0 Å². The van der Waals surface area contributed by atoms with Gasteiger partial charge in [-0.25, -0.2) is 0 Å². The first-order chi connectivity index (χ1) is 16.6. The fraction of sp³-hybridized carbons (Fsp3) is 1.00. The van der Waals surface area contributed by atoms with Gasteiger partial charge in [-0.1, -0.05) is 84.0 Å². The van der Waals surface area contributed by atoms with Gasteiger partial charge in [0.05, 0.1) is 19.8 Å². The van der Waals surface area contributed by atoms with Crippen LogP contribution in [0.3, 0.4) is 0 Å². The molecular weight excluding hydrogens is 478 g/mol. The normalized spacial score (nSPS) is 13.1. The van der Waals surface area contributed by atoms with Crippen LogP contribution >= 0.6 is 0 Å². The smallest absolute Gasteiger partial charge is 0.394 e. The average Bonchev–Trinajstić information content (AvgIpc) is 2.78. The monoisotopic (exact) mass is 531 g/mol. The highest BCUT2D eigenvalue weighted by Crippen LogP contribution is 2.28. The summed E-state index contributed by atoms with van der Waals surface area (Å²) in [6.45, 7) is 9.14. The van der Waals surface area contributed by atoms with Gasteiger partial charge in [-0.3, -0.25) is 13.9 Å². The highest BCUT2D eigenvalue weighted by atomic mass is 32.3. The van der Waals surface area contributed by atoms with Crippen molar-refractivity contribution < 1.29 is 42.0 Å². The molecule has 0 saturated heterocycles. The third-order valence-electron chi connectivity index (χ3n) is 5.39. The van der Waals surface area contributed by atoms with Crippen molar-refractivity contribution in [1.82, 2.24) is 5.06 Å². The molecule has 0 spiro atoms. The fourth-order valence-electron chi connectivity index (χ4n) is 3.88. The van der Waals surface area contributed by atoms with Crippen LogP contribution in [0.2, 0.25) is 0 Å². The van der Waals surface area contributed by atoms with Crippen molar-refractivity contribution in [3.8, 4) is 0 Å². The van der Waals surface area contributed by atoms with Crippen molar-refractivity contribution in [2.75, 3.05) is 33.0 Å². The third kappa shape index (κ3) is 21.4. The lowest BCUT2D eigenvalue weighted by Gasteiger charge is -2.43. The number of hydrogen-bond acceptors (Lipinski definition) is 8. The minimum absolute atomic E-state index is 0.104. The molecule has 0 aliphatic heterocycles. The van der Waals surface area contributed by atoms with Crippen molar-refractivity contribution >= 4 is 10.4 Å². The highest BCUT2D eigenvalue weighted by molar-refractivity contribution is 7.79. The van der Waals surface area contributed by atoms with E-state index in [0.29, 0.717) is 26.2 Å². The number of hydrogen-bond donors (Lipinski definition) is 4. The lowest BCUT2D eigenvalue weighted by molar-refractivity contribution is -0.433. The number of rotatable bonds is 23. The van der Waals surface area contributed by atoms with Crippen LogP contribution in [0.25, 0.3) is 0 Å². The quantitative estimate of drug-likeness (QED) is 0.0630. The largest absolute Gasteiger partial charge is 0.395 e. The Hall–Kier alpha value is -0.370. The molecule has 1 unspecified atom stereocenters. The first-order valence-corrected chi connectivity index (χ1v) is 14.7. The zero-order chi connectivity index (χ0) is 27.0. The first-order valence-electron chi connectivity index (χ1n) is 13.3. The molecule has 4 N–H and O–H groups in total. The summed E-state index contributed by atoms with van der Waals surface area (Å²) in [6, 6.07) is 0. The van der Waals surface area contributed by atoms with Crippen molar-refractivity contribution in [1.29, 1.82) is 0 Å². The summed E-state index contributed by atoms with van der Waals surface area (Å²) in [6.07, 6.45) is 15.1. The van der Waals surface area contributed by atoms with Gasteiger partial charge in [0.15, 0.2) is 0 Å². The Bertz CT molecular complexity index is 529. The van der Waals surface area contributed by atoms with Gasteiger partial charge in [-0.05, 0) is 27.2 Å². The maximum Gasteiger partial charge on any atom is 0.394 e. The van der Waals surface area contributed by atoms with Crippen LogP contribution in [0.5, 0.6) is 0 Å². The van der Waals surface area contributed by atoms with Gasteiger partial charge in [0.25, 0.3) is 5.91 Å². The van der Waals surface area contributed by atoms with Gasteiger partial charge < -0.3 is 19.7 Å². The zero-order valence-corrected chi connectivity index (χ0v) is 23.3. The van der Waals surface area contributed by atoms with Gasteiger partial charge in [0.2, 0.25) is 0 Å². The lowest BCUT2D eigenvalue weighted by atomic mass is 10.0. The molecule has 0 aromatic heterocycles. The van der Waals surface area contributed by atoms with Crippen LogP contribution in [0.4, 0.5) is 0 Å². The molecule has 0 saturated carbocycles. The van der Waals surface area contributed by atoms with E-state index in [4.69, 9.17) is 31.8 Å². The van der Waals surface area contributed by atoms with Crippen LogP contribution in [0.1, 0.15) is 111 Å². The number of aliphatic hydroxyl groups is 2. The van der Waals surface area contributed by atoms with Crippen LogP contribution in [-0.2, 0) is 24.7 Å². The Morgan fingerprint density at radius 2 is 1.14 bits per heavy atom. The molecule has 0 aliphatic carbocycles. The molecular formula is C24H53NO9S. The lowest BCUT2D eigenvalue weighted by Crippen LogP contribution is -2.61. The molecule has 10 nitrogen and oxygen atoms in total. The summed E-state index contributed by atoms with van der Waals surface area (Å²) in [5.74, 6) is -1.37. The van der Waals surface area contributed by atoms with Crippen molar-refractivity contribution in [2.45, 2.75) is 123 Å². The summed E-state index contributed by atoms with van der Waals surface area (Å²) in [5, 5.41) is 21.8. The maximum absolute atomic E-state index is 11.0. The molecule has 0 amide bonds.